The van der Waals surface area contributed by atoms with Gasteiger partial charge in [-0.05, 0) is 221 Å². The predicted molar refractivity (Wildman–Crippen MR) is 416 cm³/mol. The minimum atomic E-state index is -1.04. The Labute approximate surface area is 578 Å². The molecule has 0 N–H and O–H groups in total. The fourth-order valence-electron chi connectivity index (χ4n) is 21.0. The van der Waals surface area contributed by atoms with Crippen LogP contribution in [0.25, 0.3) is 55.0 Å². The maximum Gasteiger partial charge on any atom is 0.252 e. The van der Waals surface area contributed by atoms with Gasteiger partial charge in [0.25, 0.3) is 13.4 Å². The second-order valence-corrected chi connectivity index (χ2v) is 38.2. The van der Waals surface area contributed by atoms with E-state index < -0.39 is 11.9 Å². The first-order chi connectivity index (χ1) is 45.9. The molecule has 4 nitrogen and oxygen atoms in total. The van der Waals surface area contributed by atoms with Crippen molar-refractivity contribution in [1.82, 2.24) is 9.13 Å². The Morgan fingerprint density at radius 3 is 1.40 bits per heavy atom. The maximum atomic E-state index is 10.3. The van der Waals surface area contributed by atoms with Gasteiger partial charge in [-0.1, -0.05) is 224 Å². The summed E-state index contributed by atoms with van der Waals surface area (Å²) in [6.07, 6.45) is 11.6. The molecular weight excluding hydrogens is 1160 g/mol. The second kappa shape index (κ2) is 19.5. The van der Waals surface area contributed by atoms with Gasteiger partial charge in [-0.25, -0.2) is 0 Å². The molecule has 96 heavy (non-hydrogen) atoms. The Bertz CT molecular complexity index is 5190. The summed E-state index contributed by atoms with van der Waals surface area (Å²) in [5.74, 6) is 0.606. The highest BCUT2D eigenvalue weighted by Gasteiger charge is 2.66. The van der Waals surface area contributed by atoms with Crippen molar-refractivity contribution in [2.45, 2.75) is 258 Å². The van der Waals surface area contributed by atoms with Crippen LogP contribution in [0.2, 0.25) is 0 Å². The van der Waals surface area contributed by atoms with Gasteiger partial charge in [-0.2, -0.15) is 0 Å². The number of fused-ring (bicyclic) bond motifs is 22. The Hall–Kier alpha value is -6.91. The molecule has 9 aliphatic rings. The molecule has 19 rings (SSSR count). The average Bonchev–Trinajstić information content (AvgIpc) is 1.48. The fraction of sp³-hybridized carbons (Fsp3) is 0.467. The predicted octanol–water partition coefficient (Wildman–Crippen LogP) is 19.6. The van der Waals surface area contributed by atoms with E-state index in [9.17, 15) is 2.74 Å². The third kappa shape index (κ3) is 8.11. The minimum absolute atomic E-state index is 0.0259. The Morgan fingerprint density at radius 2 is 0.854 bits per heavy atom. The molecule has 6 unspecified atom stereocenters. The van der Waals surface area contributed by atoms with Crippen molar-refractivity contribution < 1.29 is 2.74 Å². The molecule has 0 saturated heterocycles. The number of nitrogens with zero attached hydrogens (tertiary/aromatic N) is 4. The zero-order chi connectivity index (χ0) is 69.0. The molecule has 10 aromatic rings. The molecule has 8 heterocycles. The van der Waals surface area contributed by atoms with Crippen molar-refractivity contribution >= 4 is 113 Å². The molecule has 3 aliphatic carbocycles. The van der Waals surface area contributed by atoms with Crippen LogP contribution in [0.5, 0.6) is 0 Å². The van der Waals surface area contributed by atoms with E-state index in [0.29, 0.717) is 6.42 Å². The van der Waals surface area contributed by atoms with E-state index in [-0.39, 0.29) is 56.9 Å². The maximum absolute atomic E-state index is 10.3. The summed E-state index contributed by atoms with van der Waals surface area (Å²) in [7, 11) is 0. The van der Waals surface area contributed by atoms with Gasteiger partial charge in [0.2, 0.25) is 0 Å². The normalized spacial score (nSPS) is 25.2. The zero-order valence-corrected chi connectivity index (χ0v) is 61.7. The first kappa shape index (κ1) is 59.2. The third-order valence-corrected chi connectivity index (χ3v) is 26.5. The SMILES string of the molecule is CC(C)(C)c1cc2c3c(c1)C1(C)C4CCCCC4CCC1(C)N3c1cccc3c1B2c1cc(C(C)(C)C)cc2c4cc(C(C)(C)C)ccc4n-3c12.[2H]C12CCCCC1([2H])N1c3cccc4c3B(c3cc(C(C)(C)C)cc2c31)c1cc(C(C)(C)C)cc2c3cc(C(C)(C)C)ccc3n-4c12. The molecule has 490 valence electrons. The molecule has 3 fully saturated rings. The lowest BCUT2D eigenvalue weighted by molar-refractivity contribution is 0.0321. The first-order valence-corrected chi connectivity index (χ1v) is 37.4. The zero-order valence-electron chi connectivity index (χ0n) is 63.7. The summed E-state index contributed by atoms with van der Waals surface area (Å²) < 4.78 is 25.7. The Morgan fingerprint density at radius 1 is 0.417 bits per heavy atom. The van der Waals surface area contributed by atoms with Crippen LogP contribution in [0.15, 0.2) is 121 Å². The van der Waals surface area contributed by atoms with Crippen LogP contribution in [0.3, 0.4) is 0 Å². The van der Waals surface area contributed by atoms with Crippen molar-refractivity contribution in [2.24, 2.45) is 11.8 Å². The van der Waals surface area contributed by atoms with E-state index in [1.807, 2.05) is 0 Å². The molecule has 3 saturated carbocycles. The molecule has 2 aromatic heterocycles. The quantitative estimate of drug-likeness (QED) is 0.141. The summed E-state index contributed by atoms with van der Waals surface area (Å²) in [6.45, 7) is 48.0. The summed E-state index contributed by atoms with van der Waals surface area (Å²) in [5.41, 5.74) is 33.1. The molecule has 0 radical (unpaired) electrons. The highest BCUT2D eigenvalue weighted by atomic mass is 15.3. The van der Waals surface area contributed by atoms with Crippen LogP contribution in [0, 0.1) is 11.8 Å². The van der Waals surface area contributed by atoms with Crippen molar-refractivity contribution in [2.75, 3.05) is 9.80 Å². The summed E-state index contributed by atoms with van der Waals surface area (Å²) in [4.78, 5) is 5.27. The van der Waals surface area contributed by atoms with Crippen molar-refractivity contribution in [3.8, 4) is 11.4 Å². The smallest absolute Gasteiger partial charge is 0.252 e. The van der Waals surface area contributed by atoms with Crippen LogP contribution in [0.1, 0.15) is 256 Å². The van der Waals surface area contributed by atoms with Crippen LogP contribution in [0.4, 0.5) is 22.7 Å². The average molecular weight is 1270 g/mol. The largest absolute Gasteiger partial charge is 0.338 e. The van der Waals surface area contributed by atoms with E-state index in [2.05, 4.69) is 279 Å². The number of benzene rings is 8. The Balaban J connectivity index is 0.000000143. The van der Waals surface area contributed by atoms with Crippen LogP contribution < -0.4 is 42.6 Å². The molecule has 6 heteroatoms. The molecule has 8 aromatic carbocycles. The number of hydrogen-bond donors (Lipinski definition) is 0. The van der Waals surface area contributed by atoms with Crippen LogP contribution >= 0.6 is 0 Å². The van der Waals surface area contributed by atoms with Gasteiger partial charge in [-0.15, -0.1) is 0 Å². The third-order valence-electron chi connectivity index (χ3n) is 26.5. The molecule has 6 atom stereocenters. The molecule has 0 amide bonds. The first-order valence-electron chi connectivity index (χ1n) is 38.4. The van der Waals surface area contributed by atoms with Crippen molar-refractivity contribution in [1.29, 1.82) is 0 Å². The van der Waals surface area contributed by atoms with Gasteiger partial charge >= 0.3 is 0 Å². The van der Waals surface area contributed by atoms with E-state index in [0.717, 1.165) is 48.0 Å². The minimum Gasteiger partial charge on any atom is -0.338 e. The standard InChI is InChI=1S/C48H57BN2.C42H47BN2/c1-44(2,3)29-19-20-38-32(23-29)33-24-30(45(4,5)6)26-36-42(33)50(38)39-17-14-18-40-41(39)49(36)37-27-31(46(7,8)9)25-35-43(37)51(40)47(10)22-21-28-15-12-13-16-34(28)48(35,47)11;1-40(2,3)24-17-18-34-28(19-24)30-21-26(42(7,8)9)23-32-39(30)45(34)36-16-12-15-35-37(36)43(32)31-22-25(41(4,5)6)20-29-27-13-10-11-14-33(27)44(35)38(29)31/h14,17-20,23-28,34H,12-13,15-16,21-22H2,1-11H3;12,15-23,27,33H,10-11,13-14H2,1-9H3/i;27D,33D. The topological polar surface area (TPSA) is 16.3 Å². The summed E-state index contributed by atoms with van der Waals surface area (Å²) >= 11 is 0. The Kier molecular flexibility index (Phi) is 12.0. The number of hydrogen-bond acceptors (Lipinski definition) is 2. The van der Waals surface area contributed by atoms with E-state index >= 15 is 0 Å². The van der Waals surface area contributed by atoms with Gasteiger partial charge in [-0.3, -0.25) is 0 Å². The van der Waals surface area contributed by atoms with E-state index in [1.54, 1.807) is 16.7 Å². The number of anilines is 4. The molecule has 0 spiro atoms. The van der Waals surface area contributed by atoms with E-state index in [4.69, 9.17) is 0 Å². The summed E-state index contributed by atoms with van der Waals surface area (Å²) in [5, 5.41) is 5.46. The fourth-order valence-corrected chi connectivity index (χ4v) is 21.0. The van der Waals surface area contributed by atoms with Crippen molar-refractivity contribution in [3.63, 3.8) is 0 Å². The van der Waals surface area contributed by atoms with Crippen LogP contribution in [-0.4, -0.2) is 34.1 Å². The lowest BCUT2D eigenvalue weighted by Gasteiger charge is -2.58. The van der Waals surface area contributed by atoms with Gasteiger partial charge < -0.3 is 18.9 Å². The van der Waals surface area contributed by atoms with Gasteiger partial charge in [0, 0.05) is 85.4 Å². The number of rotatable bonds is 0. The molecule has 0 bridgehead atoms. The second-order valence-electron chi connectivity index (χ2n) is 38.2. The summed E-state index contributed by atoms with van der Waals surface area (Å²) in [6, 6.07) is 47.8. The number of aromatic nitrogens is 2. The van der Waals surface area contributed by atoms with Gasteiger partial charge in [0.15, 0.2) is 0 Å². The monoisotopic (exact) mass is 1260 g/mol. The molecule has 6 aliphatic heterocycles. The van der Waals surface area contributed by atoms with Gasteiger partial charge in [0.1, 0.15) is 0 Å². The lowest BCUT2D eigenvalue weighted by Crippen LogP contribution is -2.65. The van der Waals surface area contributed by atoms with Crippen LogP contribution in [-0.2, 0) is 37.9 Å². The van der Waals surface area contributed by atoms with Gasteiger partial charge in [0.05, 0.1) is 17.9 Å². The highest BCUT2D eigenvalue weighted by Crippen LogP contribution is 2.67. The highest BCUT2D eigenvalue weighted by molar-refractivity contribution is 7.01. The van der Waals surface area contributed by atoms with E-state index in [1.165, 1.54) is 160 Å². The van der Waals surface area contributed by atoms with Crippen molar-refractivity contribution in [3.05, 3.63) is 166 Å². The lowest BCUT2D eigenvalue weighted by atomic mass is 9.33. The molecular formula is C90H104B2N4.